The Morgan fingerprint density at radius 2 is 2.07 bits per heavy atom. The molecule has 0 saturated carbocycles. The zero-order chi connectivity index (χ0) is 11.5. The maximum atomic E-state index is 12.0. The predicted molar refractivity (Wildman–Crippen MR) is 62.0 cm³/mol. The van der Waals surface area contributed by atoms with Crippen LogP contribution in [0.15, 0.2) is 0 Å². The molecule has 1 heterocycles. The molecule has 4 nitrogen and oxygen atoms in total. The van der Waals surface area contributed by atoms with Crippen molar-refractivity contribution in [2.45, 2.75) is 39.2 Å². The van der Waals surface area contributed by atoms with Crippen LogP contribution in [-0.4, -0.2) is 37.6 Å². The Labute approximate surface area is 92.9 Å². The minimum atomic E-state index is -3.07. The Balaban J connectivity index is 2.68. The monoisotopic (exact) mass is 234 g/mol. The van der Waals surface area contributed by atoms with Gasteiger partial charge in [-0.25, -0.2) is 8.42 Å². The van der Waals surface area contributed by atoms with Crippen molar-refractivity contribution in [2.75, 3.05) is 18.8 Å². The van der Waals surface area contributed by atoms with E-state index in [0.717, 1.165) is 12.8 Å². The Bertz CT molecular complexity index is 290. The van der Waals surface area contributed by atoms with Crippen molar-refractivity contribution in [1.29, 1.82) is 0 Å². The highest BCUT2D eigenvalue weighted by atomic mass is 32.2. The molecule has 0 aromatic heterocycles. The lowest BCUT2D eigenvalue weighted by Crippen LogP contribution is -2.46. The normalized spacial score (nSPS) is 29.3. The number of hydrogen-bond acceptors (Lipinski definition) is 3. The molecule has 2 unspecified atom stereocenters. The molecule has 0 aromatic rings. The van der Waals surface area contributed by atoms with Crippen LogP contribution in [0.25, 0.3) is 0 Å². The lowest BCUT2D eigenvalue weighted by atomic mass is 9.94. The van der Waals surface area contributed by atoms with Crippen LogP contribution < -0.4 is 5.73 Å². The second kappa shape index (κ2) is 5.27. The van der Waals surface area contributed by atoms with Crippen molar-refractivity contribution < 1.29 is 8.42 Å². The van der Waals surface area contributed by atoms with Gasteiger partial charge >= 0.3 is 0 Å². The molecule has 0 aliphatic carbocycles. The summed E-state index contributed by atoms with van der Waals surface area (Å²) in [6.45, 7) is 5.24. The molecule has 1 saturated heterocycles. The highest BCUT2D eigenvalue weighted by molar-refractivity contribution is 7.89. The van der Waals surface area contributed by atoms with Gasteiger partial charge in [-0.05, 0) is 38.6 Å². The highest BCUT2D eigenvalue weighted by Crippen LogP contribution is 2.25. The van der Waals surface area contributed by atoms with Crippen LogP contribution in [-0.2, 0) is 10.0 Å². The van der Waals surface area contributed by atoms with Crippen molar-refractivity contribution >= 4 is 10.0 Å². The summed E-state index contributed by atoms with van der Waals surface area (Å²) in [5.41, 5.74) is 5.34. The molecular formula is C10H22N2O2S. The maximum Gasteiger partial charge on any atom is 0.214 e. The number of nitrogens with zero attached hydrogens (tertiary/aromatic N) is 1. The predicted octanol–water partition coefficient (Wildman–Crippen LogP) is 0.785. The molecule has 1 rings (SSSR count). The van der Waals surface area contributed by atoms with Crippen LogP contribution in [0, 0.1) is 5.92 Å². The van der Waals surface area contributed by atoms with E-state index in [9.17, 15) is 8.42 Å². The summed E-state index contributed by atoms with van der Waals surface area (Å²) in [5, 5.41) is 0. The van der Waals surface area contributed by atoms with Gasteiger partial charge in [-0.2, -0.15) is 4.31 Å². The van der Waals surface area contributed by atoms with E-state index in [0.29, 0.717) is 25.4 Å². The molecule has 90 valence electrons. The van der Waals surface area contributed by atoms with E-state index in [-0.39, 0.29) is 11.8 Å². The van der Waals surface area contributed by atoms with Gasteiger partial charge in [0.15, 0.2) is 0 Å². The standard InChI is InChI=1S/C10H22N2O2S/c1-9-5-3-7-12(10(9)2)15(13,14)8-4-6-11/h9-10H,3-8,11H2,1-2H3. The molecule has 0 amide bonds. The Morgan fingerprint density at radius 3 is 2.67 bits per heavy atom. The molecule has 2 N–H and O–H groups in total. The van der Waals surface area contributed by atoms with Crippen molar-refractivity contribution in [3.8, 4) is 0 Å². The van der Waals surface area contributed by atoms with Crippen LogP contribution in [0.5, 0.6) is 0 Å². The lowest BCUT2D eigenvalue weighted by Gasteiger charge is -2.36. The summed E-state index contributed by atoms with van der Waals surface area (Å²) in [6.07, 6.45) is 2.66. The van der Waals surface area contributed by atoms with Gasteiger partial charge in [0.2, 0.25) is 10.0 Å². The fourth-order valence-electron chi connectivity index (χ4n) is 2.07. The van der Waals surface area contributed by atoms with Gasteiger partial charge in [-0.1, -0.05) is 6.92 Å². The summed E-state index contributed by atoms with van der Waals surface area (Å²) in [5.74, 6) is 0.659. The zero-order valence-electron chi connectivity index (χ0n) is 9.65. The van der Waals surface area contributed by atoms with Gasteiger partial charge in [0.25, 0.3) is 0 Å². The van der Waals surface area contributed by atoms with Gasteiger partial charge in [0, 0.05) is 12.6 Å². The quantitative estimate of drug-likeness (QED) is 0.782. The van der Waals surface area contributed by atoms with E-state index in [1.807, 2.05) is 6.92 Å². The van der Waals surface area contributed by atoms with Gasteiger partial charge < -0.3 is 5.73 Å². The maximum absolute atomic E-state index is 12.0. The van der Waals surface area contributed by atoms with Crippen molar-refractivity contribution in [3.05, 3.63) is 0 Å². The molecule has 1 aliphatic heterocycles. The largest absolute Gasteiger partial charge is 0.330 e. The minimum Gasteiger partial charge on any atom is -0.330 e. The van der Waals surface area contributed by atoms with Crippen LogP contribution in [0.3, 0.4) is 0 Å². The van der Waals surface area contributed by atoms with Crippen LogP contribution >= 0.6 is 0 Å². The first-order valence-electron chi connectivity index (χ1n) is 5.68. The molecule has 1 aliphatic rings. The average Bonchev–Trinajstić information content (AvgIpc) is 2.19. The number of hydrogen-bond donors (Lipinski definition) is 1. The van der Waals surface area contributed by atoms with Gasteiger partial charge in [0.05, 0.1) is 5.75 Å². The summed E-state index contributed by atoms with van der Waals surface area (Å²) in [6, 6.07) is 0.140. The molecule has 0 spiro atoms. The Hall–Kier alpha value is -0.130. The summed E-state index contributed by atoms with van der Waals surface area (Å²) in [7, 11) is -3.07. The SMILES string of the molecule is CC1CCCN(S(=O)(=O)CCCN)C1C. The Morgan fingerprint density at radius 1 is 1.40 bits per heavy atom. The smallest absolute Gasteiger partial charge is 0.214 e. The molecule has 0 aromatic carbocycles. The van der Waals surface area contributed by atoms with E-state index in [1.165, 1.54) is 0 Å². The summed E-state index contributed by atoms with van der Waals surface area (Å²) >= 11 is 0. The third-order valence-corrected chi connectivity index (χ3v) is 5.31. The van der Waals surface area contributed by atoms with Crippen LogP contribution in [0.2, 0.25) is 0 Å². The van der Waals surface area contributed by atoms with Crippen molar-refractivity contribution in [3.63, 3.8) is 0 Å². The average molecular weight is 234 g/mol. The molecule has 1 fully saturated rings. The first-order valence-corrected chi connectivity index (χ1v) is 7.29. The van der Waals surface area contributed by atoms with E-state index < -0.39 is 10.0 Å². The van der Waals surface area contributed by atoms with E-state index in [2.05, 4.69) is 6.92 Å². The Kier molecular flexibility index (Phi) is 4.55. The number of sulfonamides is 1. The van der Waals surface area contributed by atoms with Crippen molar-refractivity contribution in [1.82, 2.24) is 4.31 Å². The number of nitrogens with two attached hydrogens (primary N) is 1. The second-order valence-corrected chi connectivity index (χ2v) is 6.47. The highest BCUT2D eigenvalue weighted by Gasteiger charge is 2.32. The van der Waals surface area contributed by atoms with Gasteiger partial charge in [0.1, 0.15) is 0 Å². The molecule has 0 radical (unpaired) electrons. The molecular weight excluding hydrogens is 212 g/mol. The third kappa shape index (κ3) is 3.16. The zero-order valence-corrected chi connectivity index (χ0v) is 10.5. The second-order valence-electron chi connectivity index (χ2n) is 4.43. The fourth-order valence-corrected chi connectivity index (χ4v) is 3.96. The first-order chi connectivity index (χ1) is 6.99. The van der Waals surface area contributed by atoms with Gasteiger partial charge in [-0.3, -0.25) is 0 Å². The van der Waals surface area contributed by atoms with Crippen LogP contribution in [0.4, 0.5) is 0 Å². The van der Waals surface area contributed by atoms with E-state index in [4.69, 9.17) is 5.73 Å². The summed E-state index contributed by atoms with van der Waals surface area (Å²) < 4.78 is 25.6. The number of piperidine rings is 1. The molecule has 2 atom stereocenters. The first kappa shape index (κ1) is 12.9. The molecule has 5 heteroatoms. The number of rotatable bonds is 4. The molecule has 0 bridgehead atoms. The minimum absolute atomic E-state index is 0.140. The van der Waals surface area contributed by atoms with Crippen LogP contribution in [0.1, 0.15) is 33.1 Å². The van der Waals surface area contributed by atoms with E-state index in [1.54, 1.807) is 4.31 Å². The third-order valence-electron chi connectivity index (χ3n) is 3.28. The lowest BCUT2D eigenvalue weighted by molar-refractivity contribution is 0.202. The van der Waals surface area contributed by atoms with Gasteiger partial charge in [-0.15, -0.1) is 0 Å². The summed E-state index contributed by atoms with van der Waals surface area (Å²) in [4.78, 5) is 0. The fraction of sp³-hybridized carbons (Fsp3) is 1.00. The van der Waals surface area contributed by atoms with Crippen molar-refractivity contribution in [2.24, 2.45) is 11.7 Å². The molecule has 15 heavy (non-hydrogen) atoms. The van der Waals surface area contributed by atoms with E-state index >= 15 is 0 Å². The topological polar surface area (TPSA) is 63.4 Å².